The van der Waals surface area contributed by atoms with E-state index >= 15 is 0 Å². The van der Waals surface area contributed by atoms with Crippen molar-refractivity contribution in [2.24, 2.45) is 0 Å². The van der Waals surface area contributed by atoms with Crippen molar-refractivity contribution in [1.82, 2.24) is 0 Å². The van der Waals surface area contributed by atoms with E-state index in [0.717, 1.165) is 48.1 Å². The number of fused-ring (bicyclic) bond motifs is 1. The maximum atomic E-state index is 13.8. The van der Waals surface area contributed by atoms with Crippen LogP contribution in [0, 0.1) is 0 Å². The number of rotatable bonds is 8. The fraction of sp³-hybridized carbons (Fsp3) is 0.345. The molecule has 0 fully saturated rings. The maximum Gasteiger partial charge on any atom is 0.341 e. The van der Waals surface area contributed by atoms with E-state index in [9.17, 15) is 14.4 Å². The first kappa shape index (κ1) is 26.9. The van der Waals surface area contributed by atoms with E-state index in [-0.39, 0.29) is 24.4 Å². The maximum absolute atomic E-state index is 13.8. The molecule has 2 amide bonds. The molecule has 37 heavy (non-hydrogen) atoms. The largest absolute Gasteiger partial charge is 0.462 e. The van der Waals surface area contributed by atoms with Crippen LogP contribution in [0.3, 0.4) is 0 Å². The molecule has 194 valence electrons. The molecule has 1 unspecified atom stereocenters. The van der Waals surface area contributed by atoms with Crippen LogP contribution < -0.4 is 10.6 Å². The number of thioether (sulfide) groups is 1. The zero-order valence-electron chi connectivity index (χ0n) is 21.2. The summed E-state index contributed by atoms with van der Waals surface area (Å²) in [6.07, 6.45) is 6.16. The van der Waals surface area contributed by atoms with Crippen LogP contribution in [0.15, 0.2) is 59.5 Å². The number of hydrogen-bond donors (Lipinski definition) is 2. The molecular formula is C29H32N2O4S2. The predicted molar refractivity (Wildman–Crippen MR) is 151 cm³/mol. The van der Waals surface area contributed by atoms with Crippen molar-refractivity contribution in [2.75, 3.05) is 17.2 Å². The van der Waals surface area contributed by atoms with Crippen molar-refractivity contribution in [3.63, 3.8) is 0 Å². The lowest BCUT2D eigenvalue weighted by molar-refractivity contribution is -0.116. The third kappa shape index (κ3) is 7.02. The summed E-state index contributed by atoms with van der Waals surface area (Å²) >= 11 is 2.91. The highest BCUT2D eigenvalue weighted by Crippen LogP contribution is 2.41. The predicted octanol–water partition coefficient (Wildman–Crippen LogP) is 7.01. The lowest BCUT2D eigenvalue weighted by Gasteiger charge is -2.18. The first-order chi connectivity index (χ1) is 18.0. The molecule has 0 bridgehead atoms. The highest BCUT2D eigenvalue weighted by molar-refractivity contribution is 8.00. The van der Waals surface area contributed by atoms with E-state index in [1.807, 2.05) is 54.6 Å². The van der Waals surface area contributed by atoms with Crippen molar-refractivity contribution >= 4 is 51.6 Å². The molecule has 2 N–H and O–H groups in total. The first-order valence-electron chi connectivity index (χ1n) is 12.7. The number of carbonyl (C=O) groups excluding carboxylic acids is 3. The van der Waals surface area contributed by atoms with Crippen molar-refractivity contribution in [3.8, 4) is 0 Å². The molecule has 0 radical (unpaired) electrons. The van der Waals surface area contributed by atoms with Gasteiger partial charge in [-0.1, -0.05) is 49.2 Å². The zero-order valence-corrected chi connectivity index (χ0v) is 22.8. The summed E-state index contributed by atoms with van der Waals surface area (Å²) in [6.45, 7) is 3.54. The molecule has 0 saturated carbocycles. The van der Waals surface area contributed by atoms with Gasteiger partial charge in [0.05, 0.1) is 12.2 Å². The number of hydrogen-bond acceptors (Lipinski definition) is 6. The molecule has 0 spiro atoms. The van der Waals surface area contributed by atoms with Gasteiger partial charge in [0.2, 0.25) is 11.8 Å². The molecule has 4 rings (SSSR count). The lowest BCUT2D eigenvalue weighted by atomic mass is 9.96. The summed E-state index contributed by atoms with van der Waals surface area (Å²) in [4.78, 5) is 40.4. The number of aryl methyl sites for hydroxylation is 1. The first-order valence-corrected chi connectivity index (χ1v) is 14.4. The van der Waals surface area contributed by atoms with Crippen molar-refractivity contribution < 1.29 is 19.1 Å². The zero-order chi connectivity index (χ0) is 26.2. The quantitative estimate of drug-likeness (QED) is 0.239. The average molecular weight is 537 g/mol. The number of carbonyl (C=O) groups is 3. The number of thiophene rings is 1. The van der Waals surface area contributed by atoms with Crippen molar-refractivity contribution in [2.45, 2.75) is 62.5 Å². The minimum atomic E-state index is -0.562. The summed E-state index contributed by atoms with van der Waals surface area (Å²) in [5.41, 5.74) is 3.07. The lowest BCUT2D eigenvalue weighted by Crippen LogP contribution is -2.20. The van der Waals surface area contributed by atoms with Gasteiger partial charge >= 0.3 is 5.97 Å². The molecule has 0 saturated heterocycles. The van der Waals surface area contributed by atoms with E-state index in [1.165, 1.54) is 41.3 Å². The Labute approximate surface area is 226 Å². The molecule has 1 aliphatic rings. The summed E-state index contributed by atoms with van der Waals surface area (Å²) in [7, 11) is 0. The van der Waals surface area contributed by atoms with Crippen LogP contribution in [-0.2, 0) is 27.2 Å². The average Bonchev–Trinajstić information content (AvgIpc) is 3.18. The number of ether oxygens (including phenoxy) is 1. The second-order valence-corrected chi connectivity index (χ2v) is 11.2. The van der Waals surface area contributed by atoms with E-state index in [1.54, 1.807) is 6.92 Å². The van der Waals surface area contributed by atoms with Crippen LogP contribution in [0.1, 0.15) is 71.1 Å². The smallest absolute Gasteiger partial charge is 0.341 e. The Balaban J connectivity index is 1.66. The highest BCUT2D eigenvalue weighted by Gasteiger charge is 2.29. The van der Waals surface area contributed by atoms with Crippen LogP contribution >= 0.6 is 23.1 Å². The fourth-order valence-corrected chi connectivity index (χ4v) is 6.86. The number of amides is 2. The summed E-state index contributed by atoms with van der Waals surface area (Å²) < 4.78 is 5.41. The normalized spacial score (nSPS) is 14.0. The standard InChI is InChI=1S/C29H32N2O4S2/c1-3-35-29(34)25-23-16-9-4-5-10-17-24(23)37-28(25)31-27(33)26(20-12-7-6-8-13-20)36-22-15-11-14-21(18-22)30-19(2)32/h6-8,11-15,18,26H,3-5,9-10,16-17H2,1-2H3,(H,30,32)(H,31,33). The van der Waals surface area contributed by atoms with Gasteiger partial charge in [0.15, 0.2) is 0 Å². The fourth-order valence-electron chi connectivity index (χ4n) is 4.49. The van der Waals surface area contributed by atoms with E-state index in [0.29, 0.717) is 16.3 Å². The summed E-state index contributed by atoms with van der Waals surface area (Å²) in [5.74, 6) is -0.733. The van der Waals surface area contributed by atoms with Crippen LogP contribution in [-0.4, -0.2) is 24.4 Å². The third-order valence-electron chi connectivity index (χ3n) is 6.14. The summed E-state index contributed by atoms with van der Waals surface area (Å²) in [6, 6.07) is 17.0. The van der Waals surface area contributed by atoms with E-state index in [2.05, 4.69) is 10.6 Å². The van der Waals surface area contributed by atoms with Gasteiger partial charge in [0.1, 0.15) is 10.3 Å². The van der Waals surface area contributed by atoms with E-state index in [4.69, 9.17) is 4.74 Å². The monoisotopic (exact) mass is 536 g/mol. The Hall–Kier alpha value is -3.10. The minimum Gasteiger partial charge on any atom is -0.462 e. The van der Waals surface area contributed by atoms with Gasteiger partial charge in [-0.15, -0.1) is 23.1 Å². The topological polar surface area (TPSA) is 84.5 Å². The Morgan fingerprint density at radius 2 is 1.73 bits per heavy atom. The van der Waals surface area contributed by atoms with Gasteiger partial charge < -0.3 is 15.4 Å². The second-order valence-electron chi connectivity index (χ2n) is 8.95. The number of nitrogens with one attached hydrogen (secondary N) is 2. The molecule has 1 aliphatic carbocycles. The molecule has 8 heteroatoms. The van der Waals surface area contributed by atoms with Gasteiger partial charge in [-0.3, -0.25) is 9.59 Å². The SMILES string of the molecule is CCOC(=O)c1c(NC(=O)C(Sc2cccc(NC(C)=O)c2)c2ccccc2)sc2c1CCCCCC2. The van der Waals surface area contributed by atoms with Gasteiger partial charge in [-0.2, -0.15) is 0 Å². The molecule has 1 aromatic heterocycles. The van der Waals surface area contributed by atoms with Crippen LogP contribution in [0.25, 0.3) is 0 Å². The molecule has 6 nitrogen and oxygen atoms in total. The Bertz CT molecular complexity index is 1260. The van der Waals surface area contributed by atoms with Crippen LogP contribution in [0.4, 0.5) is 10.7 Å². The Kier molecular flexibility index (Phi) is 9.41. The molecule has 3 aromatic rings. The Morgan fingerprint density at radius 3 is 2.46 bits per heavy atom. The number of esters is 1. The molecule has 1 atom stereocenters. The summed E-state index contributed by atoms with van der Waals surface area (Å²) in [5, 5.41) is 5.91. The molecule has 2 aromatic carbocycles. The Morgan fingerprint density at radius 1 is 0.973 bits per heavy atom. The highest BCUT2D eigenvalue weighted by atomic mass is 32.2. The number of benzene rings is 2. The van der Waals surface area contributed by atoms with Crippen LogP contribution in [0.2, 0.25) is 0 Å². The van der Waals surface area contributed by atoms with Gasteiger partial charge in [-0.25, -0.2) is 4.79 Å². The second kappa shape index (κ2) is 12.9. The molecule has 1 heterocycles. The van der Waals surface area contributed by atoms with Crippen molar-refractivity contribution in [3.05, 3.63) is 76.2 Å². The van der Waals surface area contributed by atoms with E-state index < -0.39 is 5.25 Å². The minimum absolute atomic E-state index is 0.153. The van der Waals surface area contributed by atoms with Crippen molar-refractivity contribution in [1.29, 1.82) is 0 Å². The van der Waals surface area contributed by atoms with Gasteiger partial charge in [0, 0.05) is 22.4 Å². The van der Waals surface area contributed by atoms with Crippen LogP contribution in [0.5, 0.6) is 0 Å². The van der Waals surface area contributed by atoms with Gasteiger partial charge in [0.25, 0.3) is 0 Å². The molecular weight excluding hydrogens is 504 g/mol. The van der Waals surface area contributed by atoms with Gasteiger partial charge in [-0.05, 0) is 61.9 Å². The molecule has 0 aliphatic heterocycles. The number of anilines is 2. The third-order valence-corrected chi connectivity index (χ3v) is 8.59.